The molecule has 2 N–H and O–H groups in total. The molecule has 0 saturated carbocycles. The number of nitrogens with zero attached hydrogens (tertiary/aromatic N) is 1. The van der Waals surface area contributed by atoms with Crippen molar-refractivity contribution in [2.75, 3.05) is 19.0 Å². The topological polar surface area (TPSA) is 128 Å². The number of nitro groups is 1. The molecule has 0 aliphatic heterocycles. The first-order valence-electron chi connectivity index (χ1n) is 7.43. The Hall–Kier alpha value is -3.46. The van der Waals surface area contributed by atoms with Crippen molar-refractivity contribution in [2.24, 2.45) is 0 Å². The van der Waals surface area contributed by atoms with Gasteiger partial charge in [0.1, 0.15) is 5.75 Å². The summed E-state index contributed by atoms with van der Waals surface area (Å²) in [5.74, 6) is -1.21. The van der Waals surface area contributed by atoms with Crippen molar-refractivity contribution < 1.29 is 29.1 Å². The van der Waals surface area contributed by atoms with E-state index in [0.717, 1.165) is 0 Å². The minimum atomic E-state index is -0.694. The van der Waals surface area contributed by atoms with Crippen molar-refractivity contribution in [1.82, 2.24) is 0 Å². The molecule has 26 heavy (non-hydrogen) atoms. The van der Waals surface area contributed by atoms with Crippen LogP contribution >= 0.6 is 0 Å². The van der Waals surface area contributed by atoms with Crippen molar-refractivity contribution in [1.29, 1.82) is 0 Å². The minimum absolute atomic E-state index is 0.110. The fourth-order valence-corrected chi connectivity index (χ4v) is 2.04. The van der Waals surface area contributed by atoms with Gasteiger partial charge in [-0.25, -0.2) is 4.79 Å². The fourth-order valence-electron chi connectivity index (χ4n) is 2.04. The Bertz CT molecular complexity index is 818. The number of nitro benzene ring substituents is 1. The van der Waals surface area contributed by atoms with Crippen molar-refractivity contribution in [3.05, 3.63) is 63.7 Å². The van der Waals surface area contributed by atoms with Crippen LogP contribution in [0.5, 0.6) is 5.75 Å². The molecule has 2 aromatic carbocycles. The summed E-state index contributed by atoms with van der Waals surface area (Å²) < 4.78 is 9.91. The van der Waals surface area contributed by atoms with E-state index in [-0.39, 0.29) is 29.3 Å². The number of hydrogen-bond acceptors (Lipinski definition) is 7. The van der Waals surface area contributed by atoms with Gasteiger partial charge in [-0.05, 0) is 23.8 Å². The molecule has 0 bridgehead atoms. The van der Waals surface area contributed by atoms with Crippen LogP contribution in [0, 0.1) is 10.1 Å². The molecule has 1 amide bonds. The number of ether oxygens (including phenoxy) is 2. The van der Waals surface area contributed by atoms with E-state index in [1.54, 1.807) is 12.1 Å². The van der Waals surface area contributed by atoms with E-state index in [4.69, 9.17) is 14.6 Å². The molecule has 0 aromatic heterocycles. The quantitative estimate of drug-likeness (QED) is 0.438. The number of nitrogens with one attached hydrogen (secondary N) is 1. The second-order valence-corrected chi connectivity index (χ2v) is 5.12. The highest BCUT2D eigenvalue weighted by Crippen LogP contribution is 2.28. The average molecular weight is 360 g/mol. The maximum absolute atomic E-state index is 11.9. The Balaban J connectivity index is 1.95. The van der Waals surface area contributed by atoms with Crippen LogP contribution in [-0.2, 0) is 16.1 Å². The van der Waals surface area contributed by atoms with Crippen LogP contribution in [0.2, 0.25) is 0 Å². The van der Waals surface area contributed by atoms with E-state index in [0.29, 0.717) is 5.56 Å². The number of anilines is 1. The summed E-state index contributed by atoms with van der Waals surface area (Å²) in [5.41, 5.74) is 0.913. The number of benzene rings is 2. The zero-order valence-corrected chi connectivity index (χ0v) is 13.8. The SMILES string of the molecule is COc1cc([N+](=O)[O-])ccc1NC(=O)COC(=O)c1ccc(CO)cc1. The number of methoxy groups -OCH3 is 1. The van der Waals surface area contributed by atoms with Crippen LogP contribution in [0.25, 0.3) is 0 Å². The van der Waals surface area contributed by atoms with Crippen LogP contribution in [-0.4, -0.2) is 35.6 Å². The molecule has 0 radical (unpaired) electrons. The summed E-state index contributed by atoms with van der Waals surface area (Å²) in [7, 11) is 1.31. The van der Waals surface area contributed by atoms with Gasteiger partial charge >= 0.3 is 5.97 Å². The Kier molecular flexibility index (Phi) is 6.23. The average Bonchev–Trinajstić information content (AvgIpc) is 2.66. The molecular formula is C17H16N2O7. The van der Waals surface area contributed by atoms with Gasteiger partial charge in [0.25, 0.3) is 11.6 Å². The number of non-ortho nitro benzene ring substituents is 1. The second-order valence-electron chi connectivity index (χ2n) is 5.12. The number of esters is 1. The molecular weight excluding hydrogens is 344 g/mol. The number of carbonyl (C=O) groups excluding carboxylic acids is 2. The molecule has 0 unspecified atom stereocenters. The Morgan fingerprint density at radius 3 is 2.46 bits per heavy atom. The molecule has 2 rings (SSSR count). The lowest BCUT2D eigenvalue weighted by Crippen LogP contribution is -2.21. The number of amides is 1. The summed E-state index contributed by atoms with van der Waals surface area (Å²) in [6.45, 7) is -0.685. The number of aliphatic hydroxyl groups excluding tert-OH is 1. The molecule has 2 aromatic rings. The molecule has 9 nitrogen and oxygen atoms in total. The van der Waals surface area contributed by atoms with Crippen LogP contribution in [0.15, 0.2) is 42.5 Å². The van der Waals surface area contributed by atoms with Crippen LogP contribution in [0.1, 0.15) is 15.9 Å². The normalized spacial score (nSPS) is 10.1. The predicted octanol–water partition coefficient (Wildman–Crippen LogP) is 1.89. The Morgan fingerprint density at radius 2 is 1.88 bits per heavy atom. The first-order chi connectivity index (χ1) is 12.4. The Labute approximate surface area is 148 Å². The van der Waals surface area contributed by atoms with E-state index in [9.17, 15) is 19.7 Å². The lowest BCUT2D eigenvalue weighted by Gasteiger charge is -2.10. The highest BCUT2D eigenvalue weighted by atomic mass is 16.6. The standard InChI is InChI=1S/C17H16N2O7/c1-25-15-8-13(19(23)24)6-7-14(15)18-16(21)10-26-17(22)12-4-2-11(9-20)3-5-12/h2-8,20H,9-10H2,1H3,(H,18,21). The summed E-state index contributed by atoms with van der Waals surface area (Å²) in [4.78, 5) is 34.0. The number of hydrogen-bond donors (Lipinski definition) is 2. The van der Waals surface area contributed by atoms with E-state index < -0.39 is 23.4 Å². The molecule has 136 valence electrons. The van der Waals surface area contributed by atoms with Gasteiger partial charge in [-0.1, -0.05) is 12.1 Å². The van der Waals surface area contributed by atoms with Crippen molar-refractivity contribution in [3.8, 4) is 5.75 Å². The largest absolute Gasteiger partial charge is 0.494 e. The van der Waals surface area contributed by atoms with Crippen molar-refractivity contribution >= 4 is 23.3 Å². The van der Waals surface area contributed by atoms with Crippen molar-refractivity contribution in [3.63, 3.8) is 0 Å². The van der Waals surface area contributed by atoms with Gasteiger partial charge in [-0.15, -0.1) is 0 Å². The third kappa shape index (κ3) is 4.77. The van der Waals surface area contributed by atoms with E-state index in [2.05, 4.69) is 5.32 Å². The Morgan fingerprint density at radius 1 is 1.19 bits per heavy atom. The maximum atomic E-state index is 11.9. The van der Waals surface area contributed by atoms with Crippen molar-refractivity contribution in [2.45, 2.75) is 6.61 Å². The lowest BCUT2D eigenvalue weighted by molar-refractivity contribution is -0.384. The van der Waals surface area contributed by atoms with Gasteiger partial charge in [0.15, 0.2) is 6.61 Å². The molecule has 0 spiro atoms. The van der Waals surface area contributed by atoms with E-state index >= 15 is 0 Å². The van der Waals surface area contributed by atoms with Gasteiger partial charge in [-0.2, -0.15) is 0 Å². The zero-order chi connectivity index (χ0) is 19.1. The van der Waals surface area contributed by atoms with E-state index in [1.165, 1.54) is 37.4 Å². The highest BCUT2D eigenvalue weighted by molar-refractivity contribution is 5.96. The van der Waals surface area contributed by atoms with Crippen LogP contribution < -0.4 is 10.1 Å². The van der Waals surface area contributed by atoms with E-state index in [1.807, 2.05) is 0 Å². The first-order valence-corrected chi connectivity index (χ1v) is 7.43. The van der Waals surface area contributed by atoms with Gasteiger partial charge in [0, 0.05) is 6.07 Å². The molecule has 0 atom stereocenters. The number of carbonyl (C=O) groups is 2. The monoisotopic (exact) mass is 360 g/mol. The molecule has 0 heterocycles. The second kappa shape index (κ2) is 8.58. The van der Waals surface area contributed by atoms with Gasteiger partial charge in [0.2, 0.25) is 0 Å². The third-order valence-electron chi connectivity index (χ3n) is 3.38. The van der Waals surface area contributed by atoms with Crippen LogP contribution in [0.4, 0.5) is 11.4 Å². The lowest BCUT2D eigenvalue weighted by atomic mass is 10.1. The first kappa shape index (κ1) is 18.9. The summed E-state index contributed by atoms with van der Waals surface area (Å²) >= 11 is 0. The molecule has 0 aliphatic carbocycles. The van der Waals surface area contributed by atoms with Gasteiger partial charge < -0.3 is 19.9 Å². The summed E-state index contributed by atoms with van der Waals surface area (Å²) in [6, 6.07) is 9.80. The van der Waals surface area contributed by atoms with Gasteiger partial charge in [0.05, 0.1) is 36.0 Å². The molecule has 0 fully saturated rings. The molecule has 0 saturated heterocycles. The summed E-state index contributed by atoms with van der Waals surface area (Å²) in [5, 5.41) is 22.2. The summed E-state index contributed by atoms with van der Waals surface area (Å²) in [6.07, 6.45) is 0. The molecule has 9 heteroatoms. The maximum Gasteiger partial charge on any atom is 0.338 e. The number of aliphatic hydroxyl groups is 1. The highest BCUT2D eigenvalue weighted by Gasteiger charge is 2.15. The smallest absolute Gasteiger partial charge is 0.338 e. The molecule has 0 aliphatic rings. The predicted molar refractivity (Wildman–Crippen MR) is 90.9 cm³/mol. The minimum Gasteiger partial charge on any atom is -0.494 e. The fraction of sp³-hybridized carbons (Fsp3) is 0.176. The van der Waals surface area contributed by atoms with Crippen LogP contribution in [0.3, 0.4) is 0 Å². The number of rotatable bonds is 7. The third-order valence-corrected chi connectivity index (χ3v) is 3.38. The van der Waals surface area contributed by atoms with Gasteiger partial charge in [-0.3, -0.25) is 14.9 Å². The zero-order valence-electron chi connectivity index (χ0n) is 13.8.